The Kier molecular flexibility index (Phi) is 15.1. The van der Waals surface area contributed by atoms with Crippen LogP contribution < -0.4 is 21.3 Å². The summed E-state index contributed by atoms with van der Waals surface area (Å²) in [7, 11) is -4.08. The summed E-state index contributed by atoms with van der Waals surface area (Å²) in [6.07, 6.45) is -3.24. The largest absolute Gasteiger partial charge is 0.469 e. The summed E-state index contributed by atoms with van der Waals surface area (Å²) in [4.78, 5) is 121. The zero-order chi connectivity index (χ0) is 45.8. The quantitative estimate of drug-likeness (QED) is 0.155. The molecule has 19 nitrogen and oxygen atoms in total. The SMILES string of the molecule is Cc1ccc(NC(=O)N[C@@H](Cc2cc(F)cc(F)c2)C(=O)N[C@@H]2C(=O)N3CCC[C@H]3C(=O)N(C)[C@@H]([C@@H](C)OP(=O)(O)O)C(=O)N[C@@H](C)C(=O)N3C[C@@H](C)C[C@H]3C(=O)O[C@H]2C)cc1. The van der Waals surface area contributed by atoms with Gasteiger partial charge in [-0.2, -0.15) is 0 Å². The van der Waals surface area contributed by atoms with E-state index in [1.165, 1.54) is 18.7 Å². The van der Waals surface area contributed by atoms with E-state index in [0.717, 1.165) is 41.5 Å². The molecule has 9 atom stereocenters. The van der Waals surface area contributed by atoms with Crippen molar-refractivity contribution in [3.8, 4) is 0 Å². The maximum atomic E-state index is 14.7. The van der Waals surface area contributed by atoms with Gasteiger partial charge in [0.15, 0.2) is 0 Å². The Morgan fingerprint density at radius 3 is 2.24 bits per heavy atom. The first kappa shape index (κ1) is 47.5. The summed E-state index contributed by atoms with van der Waals surface area (Å²) in [5.41, 5.74) is 1.20. The minimum atomic E-state index is -5.24. The number of esters is 1. The molecule has 3 fully saturated rings. The van der Waals surface area contributed by atoms with Gasteiger partial charge in [0.25, 0.3) is 0 Å². The van der Waals surface area contributed by atoms with Crippen molar-refractivity contribution >= 4 is 55.0 Å². The number of likely N-dealkylation sites (N-methyl/N-ethyl adjacent to an activating group) is 1. The smallest absolute Gasteiger partial charge is 0.458 e. The Hall–Kier alpha value is -5.50. The molecule has 22 heteroatoms. The third kappa shape index (κ3) is 11.7. The number of rotatable bonds is 9. The highest BCUT2D eigenvalue weighted by Crippen LogP contribution is 2.39. The van der Waals surface area contributed by atoms with Crippen LogP contribution in [0.4, 0.5) is 19.3 Å². The van der Waals surface area contributed by atoms with Gasteiger partial charge < -0.3 is 50.5 Å². The lowest BCUT2D eigenvalue weighted by Gasteiger charge is -2.37. The van der Waals surface area contributed by atoms with Crippen LogP contribution in [0.3, 0.4) is 0 Å². The van der Waals surface area contributed by atoms with Gasteiger partial charge in [0.1, 0.15) is 54.0 Å². The molecular formula is C40H52F2N7O12P. The van der Waals surface area contributed by atoms with Crippen molar-refractivity contribution in [1.29, 1.82) is 0 Å². The number of amides is 7. The van der Waals surface area contributed by atoms with Crippen LogP contribution in [0.1, 0.15) is 58.1 Å². The lowest BCUT2D eigenvalue weighted by molar-refractivity contribution is -0.163. The molecule has 0 aromatic heterocycles. The molecule has 0 unspecified atom stereocenters. The number of urea groups is 1. The van der Waals surface area contributed by atoms with Gasteiger partial charge in [0, 0.05) is 38.3 Å². The van der Waals surface area contributed by atoms with E-state index in [1.54, 1.807) is 31.2 Å². The number of carbonyl (C=O) groups excluding carboxylic acids is 7. The molecule has 0 saturated carbocycles. The van der Waals surface area contributed by atoms with E-state index in [1.807, 2.05) is 6.92 Å². The molecule has 2 aromatic carbocycles. The van der Waals surface area contributed by atoms with Crippen LogP contribution in [0.25, 0.3) is 0 Å². The average molecular weight is 892 g/mol. The molecule has 3 heterocycles. The fourth-order valence-electron chi connectivity index (χ4n) is 8.04. The minimum Gasteiger partial charge on any atom is -0.458 e. The normalized spacial score (nSPS) is 26.3. The van der Waals surface area contributed by atoms with Crippen LogP contribution in [-0.2, 0) is 49.0 Å². The lowest BCUT2D eigenvalue weighted by Crippen LogP contribution is -2.63. The number of fused-ring (bicyclic) bond motifs is 2. The predicted molar refractivity (Wildman–Crippen MR) is 215 cm³/mol. The summed E-state index contributed by atoms with van der Waals surface area (Å²) in [5.74, 6) is -7.72. The molecule has 3 saturated heterocycles. The number of cyclic esters (lactones) is 1. The van der Waals surface area contributed by atoms with Crippen molar-refractivity contribution in [1.82, 2.24) is 30.7 Å². The second-order valence-electron chi connectivity index (χ2n) is 16.1. The molecule has 6 N–H and O–H groups in total. The number of phosphoric ester groups is 1. The molecular weight excluding hydrogens is 839 g/mol. The van der Waals surface area contributed by atoms with Gasteiger partial charge in [-0.25, -0.2) is 22.9 Å². The second-order valence-corrected chi connectivity index (χ2v) is 17.3. The molecule has 0 spiro atoms. The van der Waals surface area contributed by atoms with Crippen LogP contribution >= 0.6 is 7.82 Å². The van der Waals surface area contributed by atoms with E-state index < -0.39 is 116 Å². The summed E-state index contributed by atoms with van der Waals surface area (Å²) in [6.45, 7) is 7.37. The Morgan fingerprint density at radius 1 is 0.968 bits per heavy atom. The molecule has 3 aliphatic rings. The number of nitrogens with zero attached hydrogens (tertiary/aromatic N) is 3. The molecule has 0 bridgehead atoms. The predicted octanol–water partition coefficient (Wildman–Crippen LogP) is 1.49. The second kappa shape index (κ2) is 19.7. The number of hydrogen-bond acceptors (Lipinski definition) is 10. The lowest BCUT2D eigenvalue weighted by atomic mass is 10.0. The fraction of sp³-hybridized carbons (Fsp3) is 0.525. The van der Waals surface area contributed by atoms with Crippen LogP contribution in [0.2, 0.25) is 0 Å². The van der Waals surface area contributed by atoms with E-state index in [0.29, 0.717) is 11.8 Å². The molecule has 0 radical (unpaired) electrons. The number of hydrogen-bond donors (Lipinski definition) is 6. The number of nitrogens with one attached hydrogen (secondary N) is 4. The molecule has 7 amide bonds. The molecule has 338 valence electrons. The maximum Gasteiger partial charge on any atom is 0.469 e. The van der Waals surface area contributed by atoms with Gasteiger partial charge in [0.05, 0.1) is 6.10 Å². The van der Waals surface area contributed by atoms with Crippen LogP contribution in [-0.4, -0.2) is 135 Å². The van der Waals surface area contributed by atoms with Crippen molar-refractivity contribution in [3.05, 3.63) is 65.2 Å². The number of aryl methyl sites for hydroxylation is 1. The van der Waals surface area contributed by atoms with Gasteiger partial charge >= 0.3 is 19.8 Å². The van der Waals surface area contributed by atoms with E-state index >= 15 is 0 Å². The van der Waals surface area contributed by atoms with Crippen LogP contribution in [0.15, 0.2) is 42.5 Å². The van der Waals surface area contributed by atoms with Gasteiger partial charge in [-0.15, -0.1) is 0 Å². The highest BCUT2D eigenvalue weighted by Gasteiger charge is 2.48. The standard InChI is InChI=1S/C40H52F2N7O12P/c1-20-9-11-28(12-10-20)44-40(56)45-29(17-25-15-26(41)18-27(42)16-25)34(50)46-32-23(4)60-39(55)31-14-21(2)19-49(31)36(52)22(3)43-35(51)33(24(5)61-62(57,58)59)47(6)37(53)30-8-7-13-48(30)38(32)54/h9-12,15-16,18,21-24,29-33H,7-8,13-14,17,19H2,1-6H3,(H,43,51)(H,46,50)(H2,44,45,56)(H2,57,58,59)/t21-,22-,23-,24+,29-,30-,31-,32-,33-/m0/s1. The van der Waals surface area contributed by atoms with E-state index in [2.05, 4.69) is 21.3 Å². The van der Waals surface area contributed by atoms with Crippen LogP contribution in [0.5, 0.6) is 0 Å². The number of carbonyl (C=O) groups is 7. The first-order valence-electron chi connectivity index (χ1n) is 20.0. The van der Waals surface area contributed by atoms with Crippen molar-refractivity contribution in [2.75, 3.05) is 25.5 Å². The zero-order valence-electron chi connectivity index (χ0n) is 35.0. The Balaban J connectivity index is 1.54. The van der Waals surface area contributed by atoms with Crippen LogP contribution in [0, 0.1) is 24.5 Å². The van der Waals surface area contributed by atoms with E-state index in [9.17, 15) is 56.7 Å². The Bertz CT molecular complexity index is 2090. The van der Waals surface area contributed by atoms with Crippen molar-refractivity contribution < 1.29 is 66.0 Å². The fourth-order valence-corrected chi connectivity index (χ4v) is 8.59. The Morgan fingerprint density at radius 2 is 1.61 bits per heavy atom. The molecule has 3 aliphatic heterocycles. The van der Waals surface area contributed by atoms with Gasteiger partial charge in [-0.1, -0.05) is 24.6 Å². The van der Waals surface area contributed by atoms with Gasteiger partial charge in [-0.3, -0.25) is 28.5 Å². The summed E-state index contributed by atoms with van der Waals surface area (Å²) < 4.78 is 51.3. The Labute approximate surface area is 356 Å². The average Bonchev–Trinajstić information content (AvgIpc) is 3.82. The number of benzene rings is 2. The third-order valence-corrected chi connectivity index (χ3v) is 11.6. The summed E-state index contributed by atoms with van der Waals surface area (Å²) in [5, 5.41) is 10.1. The van der Waals surface area contributed by atoms with E-state index in [-0.39, 0.29) is 43.8 Å². The number of halogens is 2. The third-order valence-electron chi connectivity index (χ3n) is 11.0. The van der Waals surface area contributed by atoms with Crippen molar-refractivity contribution in [3.63, 3.8) is 0 Å². The topological polar surface area (TPSA) is 253 Å². The van der Waals surface area contributed by atoms with E-state index in [4.69, 9.17) is 9.26 Å². The van der Waals surface area contributed by atoms with Gasteiger partial charge in [0.2, 0.25) is 29.5 Å². The monoisotopic (exact) mass is 891 g/mol. The number of anilines is 1. The molecule has 62 heavy (non-hydrogen) atoms. The summed E-state index contributed by atoms with van der Waals surface area (Å²) in [6, 6.07) is -0.707. The zero-order valence-corrected chi connectivity index (χ0v) is 35.9. The molecule has 2 aromatic rings. The molecule has 5 rings (SSSR count). The maximum absolute atomic E-state index is 14.7. The highest BCUT2D eigenvalue weighted by atomic mass is 31.2. The molecule has 0 aliphatic carbocycles. The van der Waals surface area contributed by atoms with Crippen molar-refractivity contribution in [2.24, 2.45) is 5.92 Å². The highest BCUT2D eigenvalue weighted by molar-refractivity contribution is 7.46. The van der Waals surface area contributed by atoms with Crippen molar-refractivity contribution in [2.45, 2.75) is 109 Å². The summed E-state index contributed by atoms with van der Waals surface area (Å²) >= 11 is 0. The number of ether oxygens (including phenoxy) is 1. The first-order valence-corrected chi connectivity index (χ1v) is 21.6. The minimum absolute atomic E-state index is 0.0319. The number of phosphoric acid groups is 1. The van der Waals surface area contributed by atoms with Gasteiger partial charge in [-0.05, 0) is 82.7 Å². The first-order chi connectivity index (χ1) is 29.0.